The Bertz CT molecular complexity index is 726. The molecule has 40 heavy (non-hydrogen) atoms. The maximum atomic E-state index is 12.8. The molecule has 0 aromatic rings. The van der Waals surface area contributed by atoms with Crippen molar-refractivity contribution >= 4 is 37.1 Å². The van der Waals surface area contributed by atoms with Gasteiger partial charge in [0.2, 0.25) is 11.8 Å². The predicted octanol–water partition coefficient (Wildman–Crippen LogP) is -6.10. The van der Waals surface area contributed by atoms with Crippen LogP contribution < -0.4 is 21.3 Å². The quantitative estimate of drug-likeness (QED) is 0.0604. The lowest BCUT2D eigenvalue weighted by atomic mass is 9.96. The number of rotatable bonds is 15. The van der Waals surface area contributed by atoms with Crippen LogP contribution in [0.15, 0.2) is 0 Å². The van der Waals surface area contributed by atoms with Crippen molar-refractivity contribution in [2.75, 3.05) is 52.0 Å². The van der Waals surface area contributed by atoms with E-state index in [0.717, 1.165) is 0 Å². The number of amides is 2. The maximum absolute atomic E-state index is 12.8. The van der Waals surface area contributed by atoms with Crippen molar-refractivity contribution in [1.82, 2.24) is 21.3 Å². The minimum absolute atomic E-state index is 0.0700. The fourth-order valence-electron chi connectivity index (χ4n) is 4.38. The molecule has 10 N–H and O–H groups in total. The van der Waals surface area contributed by atoms with E-state index in [-0.39, 0.29) is 24.6 Å². The Morgan fingerprint density at radius 3 is 1.35 bits per heavy atom. The Kier molecular flexibility index (Phi) is 15.3. The van der Waals surface area contributed by atoms with Crippen LogP contribution in [0, 0.1) is 0 Å². The Hall–Kier alpha value is -0.840. The lowest BCUT2D eigenvalue weighted by Gasteiger charge is -2.42. The van der Waals surface area contributed by atoms with Gasteiger partial charge in [0.1, 0.15) is 48.7 Å². The normalized spacial score (nSPS) is 36.0. The molecule has 0 aliphatic carbocycles. The molecular weight excluding hydrogens is 576 g/mol. The van der Waals surface area contributed by atoms with E-state index in [0.29, 0.717) is 0 Å². The van der Waals surface area contributed by atoms with E-state index in [1.165, 1.54) is 14.2 Å². The van der Waals surface area contributed by atoms with Gasteiger partial charge in [0, 0.05) is 38.8 Å². The number of carbonyl (C=O) groups excluding carboxylic acids is 2. The molecule has 12 atom stereocenters. The van der Waals surface area contributed by atoms with E-state index >= 15 is 0 Å². The molecule has 2 fully saturated rings. The third kappa shape index (κ3) is 8.83. The molecule has 2 saturated heterocycles. The summed E-state index contributed by atoms with van der Waals surface area (Å²) in [5.74, 6) is -0.972. The smallest absolute Gasteiger partial charge is 0.238 e. The van der Waals surface area contributed by atoms with E-state index in [1.807, 2.05) is 0 Å². The Morgan fingerprint density at radius 1 is 0.725 bits per heavy atom. The van der Waals surface area contributed by atoms with E-state index in [9.17, 15) is 40.2 Å². The highest BCUT2D eigenvalue weighted by molar-refractivity contribution is 7.80. The highest BCUT2D eigenvalue weighted by atomic mass is 32.1. The van der Waals surface area contributed by atoms with Crippen LogP contribution in [-0.4, -0.2) is 168 Å². The summed E-state index contributed by atoms with van der Waals surface area (Å²) < 4.78 is 21.1. The molecule has 2 aliphatic rings. The zero-order valence-electron chi connectivity index (χ0n) is 22.2. The van der Waals surface area contributed by atoms with Gasteiger partial charge in [0.15, 0.2) is 12.6 Å². The fourth-order valence-corrected chi connectivity index (χ4v) is 4.97. The van der Waals surface area contributed by atoms with Crippen LogP contribution in [0.5, 0.6) is 0 Å². The lowest BCUT2D eigenvalue weighted by Crippen LogP contribution is -2.66. The highest BCUT2D eigenvalue weighted by Crippen LogP contribution is 2.23. The molecule has 0 saturated carbocycles. The molecule has 4 unspecified atom stereocenters. The summed E-state index contributed by atoms with van der Waals surface area (Å²) in [5, 5.41) is 70.8. The zero-order chi connectivity index (χ0) is 30.0. The van der Waals surface area contributed by atoms with Gasteiger partial charge < -0.3 is 70.9 Å². The summed E-state index contributed by atoms with van der Waals surface area (Å²) in [6.45, 7) is -0.691. The number of methoxy groups -OCH3 is 2. The number of aliphatic hydroxyl groups is 6. The van der Waals surface area contributed by atoms with Crippen LogP contribution in [0.25, 0.3) is 0 Å². The second-order valence-electron chi connectivity index (χ2n) is 9.33. The van der Waals surface area contributed by atoms with Crippen LogP contribution in [0.1, 0.15) is 0 Å². The third-order valence-electron chi connectivity index (χ3n) is 6.75. The van der Waals surface area contributed by atoms with Crippen molar-refractivity contribution in [3.8, 4) is 0 Å². The topological polar surface area (TPSA) is 241 Å². The molecular formula is C22H42N4O12S2. The summed E-state index contributed by atoms with van der Waals surface area (Å²) >= 11 is 8.38. The number of hydrogen-bond acceptors (Lipinski definition) is 16. The van der Waals surface area contributed by atoms with Crippen molar-refractivity contribution in [2.45, 2.75) is 73.4 Å². The average molecular weight is 619 g/mol. The second-order valence-corrected chi connectivity index (χ2v) is 10.1. The molecule has 2 rings (SSSR count). The van der Waals surface area contributed by atoms with Gasteiger partial charge in [-0.15, -0.1) is 0 Å². The van der Waals surface area contributed by atoms with Crippen molar-refractivity contribution in [2.24, 2.45) is 0 Å². The predicted molar refractivity (Wildman–Crippen MR) is 145 cm³/mol. The number of hydrogen-bond donors (Lipinski definition) is 12. The summed E-state index contributed by atoms with van der Waals surface area (Å²) in [7, 11) is 2.59. The second kappa shape index (κ2) is 17.3. The molecule has 0 aromatic heterocycles. The minimum Gasteiger partial charge on any atom is -0.394 e. The third-order valence-corrected chi connectivity index (χ3v) is 7.48. The Balaban J connectivity index is 1.87. The Labute approximate surface area is 242 Å². The summed E-state index contributed by atoms with van der Waals surface area (Å²) in [5.41, 5.74) is 0. The molecule has 0 radical (unpaired) electrons. The standard InChI is InChI=1S/C22H42N4O12S2/c1-35-21-13(17(31)15(29)11(5-27)37-21)25-19(33)9(7-39)23-3-4-24-10(8-40)20(34)26-14-18(32)16(30)12(6-28)38-22(14)36-2/h9-18,21-24,27-32,39-40H,3-8H2,1-2H3,(H,25,33)(H,26,34)/t9-,10-,11+,12+,13?,14?,15+,16+,17+,18+,21?,22?/m0/s1. The molecule has 2 aliphatic heterocycles. The van der Waals surface area contributed by atoms with Crippen LogP contribution in [0.2, 0.25) is 0 Å². The van der Waals surface area contributed by atoms with Gasteiger partial charge in [-0.1, -0.05) is 0 Å². The van der Waals surface area contributed by atoms with E-state index in [4.69, 9.17) is 18.9 Å². The monoisotopic (exact) mass is 618 g/mol. The van der Waals surface area contributed by atoms with Gasteiger partial charge >= 0.3 is 0 Å². The maximum Gasteiger partial charge on any atom is 0.238 e. The minimum atomic E-state index is -1.46. The van der Waals surface area contributed by atoms with E-state index in [2.05, 4.69) is 46.5 Å². The molecule has 18 heteroatoms. The lowest BCUT2D eigenvalue weighted by molar-refractivity contribution is -0.262. The number of nitrogens with one attached hydrogen (secondary N) is 4. The SMILES string of the molecule is COC1O[C@H](CO)[C@@H](O)[C@H](O)C1NC(=O)[C@H](CS)NCCN[C@@H](CS)C(=O)NC1C(OC)O[C@H](CO)[C@@H](O)[C@@H]1O. The van der Waals surface area contributed by atoms with Gasteiger partial charge in [-0.3, -0.25) is 9.59 Å². The first-order valence-corrected chi connectivity index (χ1v) is 13.9. The highest BCUT2D eigenvalue weighted by Gasteiger charge is 2.46. The first-order chi connectivity index (χ1) is 19.1. The van der Waals surface area contributed by atoms with Gasteiger partial charge in [0.25, 0.3) is 0 Å². The summed E-state index contributed by atoms with van der Waals surface area (Å²) in [4.78, 5) is 25.7. The molecule has 0 aromatic carbocycles. The van der Waals surface area contributed by atoms with Crippen LogP contribution in [0.3, 0.4) is 0 Å². The number of ether oxygens (including phenoxy) is 4. The van der Waals surface area contributed by atoms with Gasteiger partial charge in [-0.05, 0) is 0 Å². The number of carbonyl (C=O) groups is 2. The first kappa shape index (κ1) is 35.4. The molecule has 2 heterocycles. The van der Waals surface area contributed by atoms with Crippen molar-refractivity contribution in [1.29, 1.82) is 0 Å². The van der Waals surface area contributed by atoms with E-state index < -0.39 is 98.4 Å². The van der Waals surface area contributed by atoms with E-state index in [1.54, 1.807) is 0 Å². The van der Waals surface area contributed by atoms with Gasteiger partial charge in [-0.2, -0.15) is 25.3 Å². The summed E-state index contributed by atoms with van der Waals surface area (Å²) in [6, 6.07) is -3.89. The first-order valence-electron chi connectivity index (χ1n) is 12.7. The van der Waals surface area contributed by atoms with Crippen molar-refractivity contribution in [3.63, 3.8) is 0 Å². The van der Waals surface area contributed by atoms with Crippen molar-refractivity contribution < 1.29 is 59.2 Å². The molecule has 234 valence electrons. The summed E-state index contributed by atoms with van der Waals surface area (Å²) in [6.07, 6.45) is -10.2. The molecule has 0 bridgehead atoms. The molecule has 2 amide bonds. The number of aliphatic hydroxyl groups excluding tert-OH is 6. The Morgan fingerprint density at radius 2 is 1.07 bits per heavy atom. The largest absolute Gasteiger partial charge is 0.394 e. The van der Waals surface area contributed by atoms with Crippen LogP contribution in [-0.2, 0) is 28.5 Å². The van der Waals surface area contributed by atoms with Crippen molar-refractivity contribution in [3.05, 3.63) is 0 Å². The van der Waals surface area contributed by atoms with Gasteiger partial charge in [0.05, 0.1) is 25.3 Å². The molecule has 16 nitrogen and oxygen atoms in total. The molecule has 0 spiro atoms. The average Bonchev–Trinajstić information content (AvgIpc) is 2.95. The number of thiol groups is 2. The van der Waals surface area contributed by atoms with Crippen LogP contribution >= 0.6 is 25.3 Å². The van der Waals surface area contributed by atoms with Crippen LogP contribution in [0.4, 0.5) is 0 Å². The fraction of sp³-hybridized carbons (Fsp3) is 0.909. The van der Waals surface area contributed by atoms with Gasteiger partial charge in [-0.25, -0.2) is 0 Å². The zero-order valence-corrected chi connectivity index (χ0v) is 24.0.